The van der Waals surface area contributed by atoms with Gasteiger partial charge in [0.1, 0.15) is 5.01 Å². The van der Waals surface area contributed by atoms with E-state index in [-0.39, 0.29) is 11.9 Å². The van der Waals surface area contributed by atoms with Crippen LogP contribution in [-0.2, 0) is 11.2 Å². The van der Waals surface area contributed by atoms with Crippen LogP contribution in [0.2, 0.25) is 0 Å². The van der Waals surface area contributed by atoms with Crippen LogP contribution in [0, 0.1) is 0 Å². The van der Waals surface area contributed by atoms with Crippen molar-refractivity contribution < 1.29 is 4.79 Å². The first-order chi connectivity index (χ1) is 8.66. The van der Waals surface area contributed by atoms with Gasteiger partial charge in [0, 0.05) is 18.5 Å². The van der Waals surface area contributed by atoms with Crippen LogP contribution in [0.3, 0.4) is 0 Å². The number of amides is 1. The number of hydrogen-bond donors (Lipinski definition) is 1. The van der Waals surface area contributed by atoms with Gasteiger partial charge in [0.2, 0.25) is 5.91 Å². The van der Waals surface area contributed by atoms with Crippen molar-refractivity contribution in [2.24, 2.45) is 5.73 Å². The molecule has 1 atom stereocenters. The minimum absolute atomic E-state index is 0.0444. The maximum Gasteiger partial charge on any atom is 0.228 e. The summed E-state index contributed by atoms with van der Waals surface area (Å²) in [6.07, 6.45) is 5.18. The lowest BCUT2D eigenvalue weighted by molar-refractivity contribution is -0.130. The molecule has 1 aliphatic heterocycles. The molecule has 0 spiro atoms. The zero-order valence-electron chi connectivity index (χ0n) is 10.9. The largest absolute Gasteiger partial charge is 0.342 e. The van der Waals surface area contributed by atoms with Gasteiger partial charge in [-0.05, 0) is 19.8 Å². The van der Waals surface area contributed by atoms with Gasteiger partial charge in [-0.2, -0.15) is 0 Å². The highest BCUT2D eigenvalue weighted by molar-refractivity contribution is 7.09. The highest BCUT2D eigenvalue weighted by atomic mass is 32.1. The Morgan fingerprint density at radius 1 is 1.44 bits per heavy atom. The molecule has 2 rings (SSSR count). The zero-order valence-corrected chi connectivity index (χ0v) is 11.7. The highest BCUT2D eigenvalue weighted by Gasteiger charge is 2.17. The molecule has 0 aromatic carbocycles. The summed E-state index contributed by atoms with van der Waals surface area (Å²) >= 11 is 1.54. The van der Waals surface area contributed by atoms with E-state index in [1.54, 1.807) is 11.3 Å². The van der Waals surface area contributed by atoms with Gasteiger partial charge in [0.25, 0.3) is 0 Å². The van der Waals surface area contributed by atoms with Crippen molar-refractivity contribution in [1.29, 1.82) is 0 Å². The molecule has 1 fully saturated rings. The molecule has 1 aromatic heterocycles. The molecule has 100 valence electrons. The van der Waals surface area contributed by atoms with Gasteiger partial charge >= 0.3 is 0 Å². The molecule has 18 heavy (non-hydrogen) atoms. The van der Waals surface area contributed by atoms with E-state index >= 15 is 0 Å². The predicted molar refractivity (Wildman–Crippen MR) is 73.5 cm³/mol. The molecule has 2 heterocycles. The molecule has 4 nitrogen and oxygen atoms in total. The first-order valence-corrected chi connectivity index (χ1v) is 7.52. The summed E-state index contributed by atoms with van der Waals surface area (Å²) in [5.74, 6) is 0.207. The Labute approximate surface area is 112 Å². The summed E-state index contributed by atoms with van der Waals surface area (Å²) < 4.78 is 0. The number of hydrogen-bond acceptors (Lipinski definition) is 4. The van der Waals surface area contributed by atoms with Gasteiger partial charge in [0.15, 0.2) is 0 Å². The van der Waals surface area contributed by atoms with Gasteiger partial charge in [-0.15, -0.1) is 11.3 Å². The van der Waals surface area contributed by atoms with Gasteiger partial charge in [-0.3, -0.25) is 4.79 Å². The first-order valence-electron chi connectivity index (χ1n) is 6.64. The number of aromatic nitrogens is 1. The summed E-state index contributed by atoms with van der Waals surface area (Å²) in [4.78, 5) is 18.6. The van der Waals surface area contributed by atoms with E-state index in [0.29, 0.717) is 6.42 Å². The smallest absolute Gasteiger partial charge is 0.228 e. The average Bonchev–Trinajstić information content (AvgIpc) is 2.64. The Kier molecular flexibility index (Phi) is 4.72. The molecule has 1 aromatic rings. The fourth-order valence-corrected chi connectivity index (χ4v) is 2.98. The third-order valence-electron chi connectivity index (χ3n) is 3.25. The first kappa shape index (κ1) is 13.5. The molecule has 1 amide bonds. The summed E-state index contributed by atoms with van der Waals surface area (Å²) in [6, 6.07) is -0.0444. The molecule has 1 aliphatic rings. The van der Waals surface area contributed by atoms with Crippen LogP contribution < -0.4 is 5.73 Å². The number of thiazole rings is 1. The number of carbonyl (C=O) groups is 1. The molecule has 0 aliphatic carbocycles. The van der Waals surface area contributed by atoms with E-state index in [1.165, 1.54) is 12.8 Å². The second kappa shape index (κ2) is 6.29. The fourth-order valence-electron chi connectivity index (χ4n) is 2.20. The Morgan fingerprint density at radius 2 is 2.11 bits per heavy atom. The zero-order chi connectivity index (χ0) is 13.0. The van der Waals surface area contributed by atoms with E-state index in [0.717, 1.165) is 36.6 Å². The topological polar surface area (TPSA) is 59.2 Å². The average molecular weight is 267 g/mol. The van der Waals surface area contributed by atoms with Crippen LogP contribution in [0.25, 0.3) is 0 Å². The second-order valence-electron chi connectivity index (χ2n) is 4.94. The number of rotatable bonds is 3. The number of carbonyl (C=O) groups excluding carboxylic acids is 1. The number of nitrogens with two attached hydrogens (primary N) is 1. The predicted octanol–water partition coefficient (Wildman–Crippen LogP) is 2.11. The van der Waals surface area contributed by atoms with Crippen LogP contribution >= 0.6 is 11.3 Å². The van der Waals surface area contributed by atoms with Gasteiger partial charge < -0.3 is 10.6 Å². The summed E-state index contributed by atoms with van der Waals surface area (Å²) in [5, 5.41) is 2.86. The molecule has 1 unspecified atom stereocenters. The van der Waals surface area contributed by atoms with Crippen molar-refractivity contribution >= 4 is 17.2 Å². The third-order valence-corrected chi connectivity index (χ3v) is 4.34. The van der Waals surface area contributed by atoms with Crippen LogP contribution in [0.15, 0.2) is 5.38 Å². The molecular formula is C13H21N3OS. The van der Waals surface area contributed by atoms with Crippen molar-refractivity contribution in [3.63, 3.8) is 0 Å². The third kappa shape index (κ3) is 3.53. The van der Waals surface area contributed by atoms with E-state index in [9.17, 15) is 4.79 Å². The van der Waals surface area contributed by atoms with Crippen molar-refractivity contribution in [3.8, 4) is 0 Å². The molecular weight excluding hydrogens is 246 g/mol. The molecule has 5 heteroatoms. The quantitative estimate of drug-likeness (QED) is 0.912. The Balaban J connectivity index is 1.92. The minimum Gasteiger partial charge on any atom is -0.342 e. The van der Waals surface area contributed by atoms with Gasteiger partial charge in [-0.1, -0.05) is 12.8 Å². The maximum absolute atomic E-state index is 12.2. The van der Waals surface area contributed by atoms with Crippen molar-refractivity contribution in [1.82, 2.24) is 9.88 Å². The molecule has 1 saturated heterocycles. The van der Waals surface area contributed by atoms with Gasteiger partial charge in [0.05, 0.1) is 18.2 Å². The SMILES string of the molecule is CC(N)c1nc(CC(=O)N2CCCCCC2)cs1. The number of nitrogens with zero attached hydrogens (tertiary/aromatic N) is 2. The van der Waals surface area contributed by atoms with Crippen LogP contribution in [0.4, 0.5) is 0 Å². The van der Waals surface area contributed by atoms with E-state index in [2.05, 4.69) is 4.98 Å². The van der Waals surface area contributed by atoms with E-state index < -0.39 is 0 Å². The molecule has 2 N–H and O–H groups in total. The van der Waals surface area contributed by atoms with E-state index in [4.69, 9.17) is 5.73 Å². The van der Waals surface area contributed by atoms with Crippen LogP contribution in [-0.4, -0.2) is 28.9 Å². The summed E-state index contributed by atoms with van der Waals surface area (Å²) in [5.41, 5.74) is 6.64. The van der Waals surface area contributed by atoms with E-state index in [1.807, 2.05) is 17.2 Å². The molecule has 0 saturated carbocycles. The normalized spacial score (nSPS) is 18.4. The minimum atomic E-state index is -0.0444. The van der Waals surface area contributed by atoms with Crippen molar-refractivity contribution in [3.05, 3.63) is 16.1 Å². The molecule has 0 radical (unpaired) electrons. The maximum atomic E-state index is 12.2. The van der Waals surface area contributed by atoms with Crippen LogP contribution in [0.1, 0.15) is 49.4 Å². The van der Waals surface area contributed by atoms with Gasteiger partial charge in [-0.25, -0.2) is 4.98 Å². The van der Waals surface area contributed by atoms with Crippen molar-refractivity contribution in [2.45, 2.75) is 45.1 Å². The fraction of sp³-hybridized carbons (Fsp3) is 0.692. The summed E-state index contributed by atoms with van der Waals surface area (Å²) in [6.45, 7) is 3.73. The Morgan fingerprint density at radius 3 is 2.67 bits per heavy atom. The molecule has 0 bridgehead atoms. The standard InChI is InChI=1S/C13H21N3OS/c1-10(14)13-15-11(9-18-13)8-12(17)16-6-4-2-3-5-7-16/h9-10H,2-8,14H2,1H3. The lowest BCUT2D eigenvalue weighted by Crippen LogP contribution is -2.33. The second-order valence-corrected chi connectivity index (χ2v) is 5.83. The Hall–Kier alpha value is -0.940. The summed E-state index contributed by atoms with van der Waals surface area (Å²) in [7, 11) is 0. The highest BCUT2D eigenvalue weighted by Crippen LogP contribution is 2.17. The number of likely N-dealkylation sites (tertiary alicyclic amines) is 1. The van der Waals surface area contributed by atoms with Crippen molar-refractivity contribution in [2.75, 3.05) is 13.1 Å². The van der Waals surface area contributed by atoms with Crippen LogP contribution in [0.5, 0.6) is 0 Å². The lowest BCUT2D eigenvalue weighted by Gasteiger charge is -2.19. The lowest BCUT2D eigenvalue weighted by atomic mass is 10.2. The Bertz CT molecular complexity index is 395. The monoisotopic (exact) mass is 267 g/mol.